The van der Waals surface area contributed by atoms with Crippen LogP contribution in [-0.2, 0) is 11.3 Å². The Bertz CT molecular complexity index is 781. The van der Waals surface area contributed by atoms with Gasteiger partial charge in [0.05, 0.1) is 12.6 Å². The van der Waals surface area contributed by atoms with E-state index in [1.165, 1.54) is 12.7 Å². The first kappa shape index (κ1) is 21.3. The minimum Gasteiger partial charge on any atom is -0.377 e. The molecule has 2 atom stereocenters. The lowest BCUT2D eigenvalue weighted by molar-refractivity contribution is -0.0835. The summed E-state index contributed by atoms with van der Waals surface area (Å²) in [6.07, 6.45) is 4.10. The Balaban J connectivity index is 1.63. The summed E-state index contributed by atoms with van der Waals surface area (Å²) < 4.78 is 6.11. The summed E-state index contributed by atoms with van der Waals surface area (Å²) in [7, 11) is 0. The van der Waals surface area contributed by atoms with E-state index in [-0.39, 0.29) is 11.5 Å². The molecule has 1 aliphatic heterocycles. The molecule has 0 amide bonds. The van der Waals surface area contributed by atoms with E-state index < -0.39 is 0 Å². The third-order valence-corrected chi connectivity index (χ3v) is 5.21. The van der Waals surface area contributed by atoms with Gasteiger partial charge < -0.3 is 15.4 Å². The van der Waals surface area contributed by atoms with Gasteiger partial charge in [-0.15, -0.1) is 0 Å². The van der Waals surface area contributed by atoms with Gasteiger partial charge in [0.25, 0.3) is 0 Å². The van der Waals surface area contributed by atoms with Gasteiger partial charge in [0, 0.05) is 31.2 Å². The van der Waals surface area contributed by atoms with E-state index in [0.717, 1.165) is 49.0 Å². The number of nitrogens with zero attached hydrogens (tertiary/aromatic N) is 3. The average Bonchev–Trinajstić information content (AvgIpc) is 3.25. The molecule has 1 fully saturated rings. The molecular formula is C22H34N6O. The Kier molecular flexibility index (Phi) is 7.25. The fourth-order valence-electron chi connectivity index (χ4n) is 3.91. The predicted octanol–water partition coefficient (Wildman–Crippen LogP) is 3.37. The molecule has 2 heterocycles. The third kappa shape index (κ3) is 6.03. The maximum Gasteiger partial charge on any atom is 0.191 e. The molecule has 1 aromatic carbocycles. The van der Waals surface area contributed by atoms with Crippen LogP contribution in [0.4, 0.5) is 0 Å². The highest BCUT2D eigenvalue weighted by molar-refractivity contribution is 5.79. The van der Waals surface area contributed by atoms with Crippen LogP contribution in [0.1, 0.15) is 46.1 Å². The number of aromatic amines is 1. The molecule has 1 aliphatic rings. The zero-order chi connectivity index (χ0) is 20.7. The van der Waals surface area contributed by atoms with Crippen molar-refractivity contribution in [2.75, 3.05) is 19.7 Å². The van der Waals surface area contributed by atoms with E-state index >= 15 is 0 Å². The Morgan fingerprint density at radius 3 is 2.90 bits per heavy atom. The Morgan fingerprint density at radius 1 is 1.31 bits per heavy atom. The Morgan fingerprint density at radius 2 is 2.17 bits per heavy atom. The number of rotatable bonds is 6. The van der Waals surface area contributed by atoms with Crippen molar-refractivity contribution in [3.8, 4) is 11.4 Å². The van der Waals surface area contributed by atoms with Crippen molar-refractivity contribution in [1.29, 1.82) is 0 Å². The van der Waals surface area contributed by atoms with Crippen LogP contribution in [0.3, 0.4) is 0 Å². The predicted molar refractivity (Wildman–Crippen MR) is 117 cm³/mol. The maximum atomic E-state index is 6.11. The molecule has 0 spiro atoms. The second-order valence-electron chi connectivity index (χ2n) is 8.67. The number of H-pyrrole nitrogens is 1. The summed E-state index contributed by atoms with van der Waals surface area (Å²) in [5.41, 5.74) is 2.29. The molecule has 158 valence electrons. The monoisotopic (exact) mass is 398 g/mol. The zero-order valence-corrected chi connectivity index (χ0v) is 18.0. The molecule has 0 saturated carbocycles. The number of ether oxygens (including phenoxy) is 1. The second kappa shape index (κ2) is 9.87. The van der Waals surface area contributed by atoms with Gasteiger partial charge in [-0.1, -0.05) is 39.0 Å². The molecule has 3 rings (SSSR count). The molecule has 2 unspecified atom stereocenters. The third-order valence-electron chi connectivity index (χ3n) is 5.21. The van der Waals surface area contributed by atoms with E-state index in [1.807, 2.05) is 12.1 Å². The first-order valence-corrected chi connectivity index (χ1v) is 10.6. The van der Waals surface area contributed by atoms with Crippen LogP contribution in [0.25, 0.3) is 11.4 Å². The normalized spacial score (nSPS) is 20.5. The summed E-state index contributed by atoms with van der Waals surface area (Å²) >= 11 is 0. The van der Waals surface area contributed by atoms with Crippen LogP contribution in [-0.4, -0.2) is 46.9 Å². The maximum absolute atomic E-state index is 6.11. The lowest BCUT2D eigenvalue weighted by atomic mass is 9.78. The topological polar surface area (TPSA) is 87.2 Å². The number of nitrogens with one attached hydrogen (secondary N) is 3. The van der Waals surface area contributed by atoms with Crippen molar-refractivity contribution in [2.45, 2.75) is 53.2 Å². The fourth-order valence-corrected chi connectivity index (χ4v) is 3.91. The SMILES string of the molecule is CCNC(=NCc1cccc(-c2ncn[nH]2)c1)NCC1CCCOC1C(C)(C)C. The van der Waals surface area contributed by atoms with Crippen LogP contribution in [0.5, 0.6) is 0 Å². The number of hydrogen-bond acceptors (Lipinski definition) is 4. The highest BCUT2D eigenvalue weighted by atomic mass is 16.5. The molecule has 3 N–H and O–H groups in total. The van der Waals surface area contributed by atoms with Gasteiger partial charge in [0.2, 0.25) is 0 Å². The van der Waals surface area contributed by atoms with Gasteiger partial charge >= 0.3 is 0 Å². The summed E-state index contributed by atoms with van der Waals surface area (Å²) in [5.74, 6) is 2.10. The van der Waals surface area contributed by atoms with E-state index in [0.29, 0.717) is 12.5 Å². The van der Waals surface area contributed by atoms with Crippen molar-refractivity contribution in [1.82, 2.24) is 25.8 Å². The summed E-state index contributed by atoms with van der Waals surface area (Å²) in [6.45, 7) is 12.0. The molecule has 1 aromatic heterocycles. The lowest BCUT2D eigenvalue weighted by Gasteiger charge is -2.40. The van der Waals surface area contributed by atoms with E-state index in [9.17, 15) is 0 Å². The standard InChI is InChI=1S/C22H34N6O/c1-5-23-21(25-14-18-10-7-11-29-19(18)22(2,3)4)24-13-16-8-6-9-17(12-16)20-26-15-27-28-20/h6,8-9,12,15,18-19H,5,7,10-11,13-14H2,1-4H3,(H2,23,24,25)(H,26,27,28). The van der Waals surface area contributed by atoms with Gasteiger partial charge in [-0.3, -0.25) is 5.10 Å². The van der Waals surface area contributed by atoms with E-state index in [1.54, 1.807) is 0 Å². The Hall–Kier alpha value is -2.41. The highest BCUT2D eigenvalue weighted by Gasteiger charge is 2.35. The summed E-state index contributed by atoms with van der Waals surface area (Å²) in [4.78, 5) is 9.01. The van der Waals surface area contributed by atoms with Crippen molar-refractivity contribution in [3.05, 3.63) is 36.2 Å². The Labute approximate surface area is 173 Å². The van der Waals surface area contributed by atoms with E-state index in [4.69, 9.17) is 9.73 Å². The van der Waals surface area contributed by atoms with Crippen LogP contribution < -0.4 is 10.6 Å². The van der Waals surface area contributed by atoms with Gasteiger partial charge in [0.15, 0.2) is 11.8 Å². The average molecular weight is 399 g/mol. The molecule has 2 aromatic rings. The van der Waals surface area contributed by atoms with Crippen molar-refractivity contribution < 1.29 is 4.74 Å². The van der Waals surface area contributed by atoms with Gasteiger partial charge in [-0.05, 0) is 36.8 Å². The molecule has 0 aliphatic carbocycles. The lowest BCUT2D eigenvalue weighted by Crippen LogP contribution is -2.47. The largest absolute Gasteiger partial charge is 0.377 e. The molecular weight excluding hydrogens is 364 g/mol. The quantitative estimate of drug-likeness (QED) is 0.513. The number of aromatic nitrogens is 3. The smallest absolute Gasteiger partial charge is 0.191 e. The molecule has 7 heteroatoms. The number of guanidine groups is 1. The molecule has 0 radical (unpaired) electrons. The first-order chi connectivity index (χ1) is 14.0. The minimum absolute atomic E-state index is 0.142. The van der Waals surface area contributed by atoms with Crippen LogP contribution in [0, 0.1) is 11.3 Å². The number of hydrogen-bond donors (Lipinski definition) is 3. The van der Waals surface area contributed by atoms with Crippen LogP contribution in [0.15, 0.2) is 35.6 Å². The summed E-state index contributed by atoms with van der Waals surface area (Å²) in [5, 5.41) is 13.7. The van der Waals surface area contributed by atoms with Crippen molar-refractivity contribution in [2.24, 2.45) is 16.3 Å². The van der Waals surface area contributed by atoms with Crippen molar-refractivity contribution >= 4 is 5.96 Å². The first-order valence-electron chi connectivity index (χ1n) is 10.6. The molecule has 1 saturated heterocycles. The molecule has 7 nitrogen and oxygen atoms in total. The van der Waals surface area contributed by atoms with Crippen LogP contribution >= 0.6 is 0 Å². The van der Waals surface area contributed by atoms with Gasteiger partial charge in [-0.2, -0.15) is 5.10 Å². The second-order valence-corrected chi connectivity index (χ2v) is 8.67. The minimum atomic E-state index is 0.142. The van der Waals surface area contributed by atoms with Crippen molar-refractivity contribution in [3.63, 3.8) is 0 Å². The molecule has 0 bridgehead atoms. The highest BCUT2D eigenvalue weighted by Crippen LogP contribution is 2.33. The van der Waals surface area contributed by atoms with Gasteiger partial charge in [0.1, 0.15) is 6.33 Å². The fraction of sp³-hybridized carbons (Fsp3) is 0.591. The molecule has 29 heavy (non-hydrogen) atoms. The summed E-state index contributed by atoms with van der Waals surface area (Å²) in [6, 6.07) is 8.22. The van der Waals surface area contributed by atoms with E-state index in [2.05, 4.69) is 65.6 Å². The van der Waals surface area contributed by atoms with Crippen LogP contribution in [0.2, 0.25) is 0 Å². The van der Waals surface area contributed by atoms with Gasteiger partial charge in [-0.25, -0.2) is 9.98 Å². The number of aliphatic imine (C=N–C) groups is 1. The zero-order valence-electron chi connectivity index (χ0n) is 18.0. The number of benzene rings is 1.